The van der Waals surface area contributed by atoms with E-state index in [1.807, 2.05) is 5.32 Å². The Morgan fingerprint density at radius 3 is 2.57 bits per heavy atom. The highest BCUT2D eigenvalue weighted by atomic mass is 19.4. The van der Waals surface area contributed by atoms with E-state index in [-0.39, 0.29) is 53.4 Å². The number of aryl methyl sites for hydroxylation is 1. The van der Waals surface area contributed by atoms with Crippen LogP contribution in [0.15, 0.2) is 21.2 Å². The molecule has 5 rings (SSSR count). The number of carbonyl (C=O) groups excluding carboxylic acids is 2. The third-order valence-electron chi connectivity index (χ3n) is 7.56. The SMILES string of the molecule is COC[C@@H](c1cc(F)c2oc([C@@H](NC(=O)c3nonc3C)C3CCC(F)(F)CC3)nc2c1)N1C[C@@H](C(F)(F)F)NC1=O. The Hall–Kier alpha value is -3.89. The molecule has 2 aliphatic rings. The maximum absolute atomic E-state index is 15.4. The molecule has 2 fully saturated rings. The molecular weight excluding hydrogens is 578 g/mol. The number of amides is 3. The Bertz CT molecular complexity index is 1470. The first-order valence-electron chi connectivity index (χ1n) is 13.0. The van der Waals surface area contributed by atoms with Crippen molar-refractivity contribution >= 4 is 23.0 Å². The molecule has 3 aromatic rings. The highest BCUT2D eigenvalue weighted by molar-refractivity contribution is 5.93. The van der Waals surface area contributed by atoms with Crippen LogP contribution in [0.4, 0.5) is 31.1 Å². The summed E-state index contributed by atoms with van der Waals surface area (Å²) in [5.74, 6) is -5.27. The second-order valence-electron chi connectivity index (χ2n) is 10.4. The number of rotatable bonds is 8. The predicted octanol–water partition coefficient (Wildman–Crippen LogP) is 4.60. The van der Waals surface area contributed by atoms with Gasteiger partial charge in [-0.1, -0.05) is 5.16 Å². The number of fused-ring (bicyclic) bond motifs is 1. The number of aromatic nitrogens is 3. The molecule has 2 N–H and O–H groups in total. The zero-order valence-electron chi connectivity index (χ0n) is 22.3. The van der Waals surface area contributed by atoms with Gasteiger partial charge in [-0.3, -0.25) is 4.79 Å². The summed E-state index contributed by atoms with van der Waals surface area (Å²) in [6.07, 6.45) is -5.57. The summed E-state index contributed by atoms with van der Waals surface area (Å²) in [5, 5.41) is 11.6. The normalized spacial score (nSPS) is 21.0. The van der Waals surface area contributed by atoms with Crippen molar-refractivity contribution in [1.29, 1.82) is 0 Å². The van der Waals surface area contributed by atoms with E-state index in [4.69, 9.17) is 9.15 Å². The highest BCUT2D eigenvalue weighted by Crippen LogP contribution is 2.42. The molecule has 0 unspecified atom stereocenters. The maximum atomic E-state index is 15.4. The zero-order valence-corrected chi connectivity index (χ0v) is 22.3. The molecule has 3 amide bonds. The van der Waals surface area contributed by atoms with Gasteiger partial charge in [0, 0.05) is 20.0 Å². The lowest BCUT2D eigenvalue weighted by Crippen LogP contribution is -2.40. The predicted molar refractivity (Wildman–Crippen MR) is 130 cm³/mol. The number of carbonyl (C=O) groups is 2. The minimum atomic E-state index is -4.69. The molecule has 228 valence electrons. The summed E-state index contributed by atoms with van der Waals surface area (Å²) in [6, 6.07) is -2.97. The molecule has 3 heterocycles. The number of oxazole rings is 1. The van der Waals surface area contributed by atoms with Gasteiger partial charge >= 0.3 is 12.2 Å². The first-order chi connectivity index (χ1) is 19.8. The third kappa shape index (κ3) is 5.87. The average molecular weight is 605 g/mol. The van der Waals surface area contributed by atoms with Crippen LogP contribution in [0.25, 0.3) is 11.1 Å². The van der Waals surface area contributed by atoms with E-state index < -0.39 is 73.3 Å². The largest absolute Gasteiger partial charge is 0.435 e. The second-order valence-corrected chi connectivity index (χ2v) is 10.4. The van der Waals surface area contributed by atoms with Crippen LogP contribution < -0.4 is 10.6 Å². The van der Waals surface area contributed by atoms with Crippen molar-refractivity contribution < 1.29 is 49.7 Å². The molecule has 1 aliphatic carbocycles. The van der Waals surface area contributed by atoms with Crippen molar-refractivity contribution in [3.05, 3.63) is 40.8 Å². The summed E-state index contributed by atoms with van der Waals surface area (Å²) < 4.78 is 98.4. The number of halogens is 6. The number of hydrogen-bond acceptors (Lipinski definition) is 8. The number of nitrogens with zero attached hydrogens (tertiary/aromatic N) is 4. The van der Waals surface area contributed by atoms with E-state index in [1.165, 1.54) is 20.1 Å². The van der Waals surface area contributed by atoms with Crippen LogP contribution in [0.2, 0.25) is 0 Å². The van der Waals surface area contributed by atoms with Gasteiger partial charge < -0.3 is 24.7 Å². The van der Waals surface area contributed by atoms with Crippen LogP contribution in [0, 0.1) is 18.7 Å². The van der Waals surface area contributed by atoms with E-state index in [0.29, 0.717) is 0 Å². The lowest BCUT2D eigenvalue weighted by Gasteiger charge is -2.32. The van der Waals surface area contributed by atoms with E-state index in [1.54, 1.807) is 0 Å². The summed E-state index contributed by atoms with van der Waals surface area (Å²) in [4.78, 5) is 30.6. The Balaban J connectivity index is 1.49. The number of methoxy groups -OCH3 is 1. The molecule has 1 saturated carbocycles. The van der Waals surface area contributed by atoms with Crippen LogP contribution in [0.3, 0.4) is 0 Å². The van der Waals surface area contributed by atoms with Gasteiger partial charge in [0.25, 0.3) is 5.91 Å². The summed E-state index contributed by atoms with van der Waals surface area (Å²) in [5.41, 5.74) is -0.273. The Morgan fingerprint density at radius 1 is 1.26 bits per heavy atom. The second kappa shape index (κ2) is 11.1. The van der Waals surface area contributed by atoms with Gasteiger partial charge in [0.15, 0.2) is 17.1 Å². The summed E-state index contributed by atoms with van der Waals surface area (Å²) in [7, 11) is 1.28. The van der Waals surface area contributed by atoms with Crippen molar-refractivity contribution in [2.24, 2.45) is 5.92 Å². The molecule has 1 aromatic carbocycles. The van der Waals surface area contributed by atoms with Crippen LogP contribution in [0.1, 0.15) is 65.4 Å². The summed E-state index contributed by atoms with van der Waals surface area (Å²) in [6.45, 7) is 0.496. The van der Waals surface area contributed by atoms with Crippen LogP contribution in [-0.4, -0.2) is 70.5 Å². The van der Waals surface area contributed by atoms with Crippen molar-refractivity contribution in [2.45, 2.75) is 62.8 Å². The number of alkyl halides is 5. The standard InChI is InChI=1S/C25H26F6N6O5/c1-11-18(36-42-35-11)21(38)34-19(12-3-5-24(27,28)6-4-12)22-32-15-8-13(7-14(26)20(15)41-22)16(10-40-2)37-9-17(25(29,30)31)33-23(37)39/h7-8,12,16-17,19H,3-6,9-10H2,1-2H3,(H,33,39)(H,34,38)/t16-,17-,19-/m0/s1. The highest BCUT2D eigenvalue weighted by Gasteiger charge is 2.49. The molecule has 0 bridgehead atoms. The smallest absolute Gasteiger partial charge is 0.410 e. The van der Waals surface area contributed by atoms with Crippen LogP contribution >= 0.6 is 0 Å². The van der Waals surface area contributed by atoms with Gasteiger partial charge in [-0.15, -0.1) is 0 Å². The first kappa shape index (κ1) is 29.6. The van der Waals surface area contributed by atoms with E-state index in [9.17, 15) is 31.5 Å². The lowest BCUT2D eigenvalue weighted by atomic mass is 9.82. The fraction of sp³-hybridized carbons (Fsp3) is 0.560. The van der Waals surface area contributed by atoms with Gasteiger partial charge in [0.2, 0.25) is 11.8 Å². The van der Waals surface area contributed by atoms with E-state index >= 15 is 4.39 Å². The van der Waals surface area contributed by atoms with Crippen LogP contribution in [-0.2, 0) is 4.74 Å². The van der Waals surface area contributed by atoms with E-state index in [0.717, 1.165) is 11.0 Å². The molecule has 3 atom stereocenters. The summed E-state index contributed by atoms with van der Waals surface area (Å²) >= 11 is 0. The number of ether oxygens (including phenoxy) is 1. The van der Waals surface area contributed by atoms with Crippen molar-refractivity contribution in [1.82, 2.24) is 30.8 Å². The number of hydrogen-bond donors (Lipinski definition) is 2. The van der Waals surface area contributed by atoms with Gasteiger partial charge in [-0.25, -0.2) is 27.6 Å². The molecule has 0 radical (unpaired) electrons. The quantitative estimate of drug-likeness (QED) is 0.357. The molecule has 17 heteroatoms. The van der Waals surface area contributed by atoms with Crippen molar-refractivity contribution in [3.63, 3.8) is 0 Å². The van der Waals surface area contributed by atoms with Gasteiger partial charge in [0.1, 0.15) is 23.3 Å². The third-order valence-corrected chi connectivity index (χ3v) is 7.56. The lowest BCUT2D eigenvalue weighted by molar-refractivity contribution is -0.150. The minimum Gasteiger partial charge on any atom is -0.435 e. The molecule has 11 nitrogen and oxygen atoms in total. The minimum absolute atomic E-state index is 0.000802. The Kier molecular flexibility index (Phi) is 7.80. The topological polar surface area (TPSA) is 136 Å². The molecule has 2 aromatic heterocycles. The number of benzene rings is 1. The average Bonchev–Trinajstić information content (AvgIpc) is 3.64. The number of urea groups is 1. The Morgan fingerprint density at radius 2 is 1.98 bits per heavy atom. The zero-order chi connectivity index (χ0) is 30.4. The fourth-order valence-corrected chi connectivity index (χ4v) is 5.31. The molecule has 1 saturated heterocycles. The number of nitrogens with one attached hydrogen (secondary N) is 2. The van der Waals surface area contributed by atoms with Gasteiger partial charge in [0.05, 0.1) is 19.2 Å². The fourth-order valence-electron chi connectivity index (χ4n) is 5.31. The first-order valence-corrected chi connectivity index (χ1v) is 13.0. The maximum Gasteiger partial charge on any atom is 0.410 e. The monoisotopic (exact) mass is 604 g/mol. The molecule has 0 spiro atoms. The van der Waals surface area contributed by atoms with E-state index in [2.05, 4.69) is 25.2 Å². The van der Waals surface area contributed by atoms with Crippen molar-refractivity contribution in [2.75, 3.05) is 20.3 Å². The Labute approximate surface area is 233 Å². The molecule has 42 heavy (non-hydrogen) atoms. The molecular formula is C25H26F6N6O5. The van der Waals surface area contributed by atoms with Crippen LogP contribution in [0.5, 0.6) is 0 Å². The van der Waals surface area contributed by atoms with Gasteiger partial charge in [-0.05, 0) is 48.5 Å². The molecule has 1 aliphatic heterocycles. The van der Waals surface area contributed by atoms with Crippen molar-refractivity contribution in [3.8, 4) is 0 Å². The van der Waals surface area contributed by atoms with Gasteiger partial charge in [-0.2, -0.15) is 13.2 Å².